The van der Waals surface area contributed by atoms with Gasteiger partial charge in [0.1, 0.15) is 0 Å². The minimum atomic E-state index is -0.346. The predicted molar refractivity (Wildman–Crippen MR) is 82.5 cm³/mol. The van der Waals surface area contributed by atoms with Gasteiger partial charge in [0.05, 0.1) is 4.92 Å². The van der Waals surface area contributed by atoms with Crippen molar-refractivity contribution in [3.05, 3.63) is 74.2 Å². The first-order valence-corrected chi connectivity index (χ1v) is 7.08. The zero-order valence-electron chi connectivity index (χ0n) is 11.0. The van der Waals surface area contributed by atoms with Crippen LogP contribution < -0.4 is 5.32 Å². The molecule has 0 aromatic heterocycles. The molecular formula is C15H15BrN2O2. The highest BCUT2D eigenvalue weighted by molar-refractivity contribution is 9.10. The molecule has 5 heteroatoms. The van der Waals surface area contributed by atoms with Gasteiger partial charge in [0.2, 0.25) is 0 Å². The summed E-state index contributed by atoms with van der Waals surface area (Å²) in [6.45, 7) is 2.51. The third-order valence-electron chi connectivity index (χ3n) is 3.16. The van der Waals surface area contributed by atoms with Crippen molar-refractivity contribution < 1.29 is 4.92 Å². The Balaban J connectivity index is 2.05. The van der Waals surface area contributed by atoms with Crippen LogP contribution in [0, 0.1) is 10.1 Å². The third kappa shape index (κ3) is 3.65. The molecule has 0 aliphatic carbocycles. The molecule has 0 bridgehead atoms. The van der Waals surface area contributed by atoms with Crippen molar-refractivity contribution in [2.45, 2.75) is 19.5 Å². The number of rotatable bonds is 5. The molecule has 2 rings (SSSR count). The van der Waals surface area contributed by atoms with Gasteiger partial charge < -0.3 is 5.32 Å². The highest BCUT2D eigenvalue weighted by Crippen LogP contribution is 2.20. The normalized spacial score (nSPS) is 12.1. The molecule has 0 heterocycles. The molecule has 0 spiro atoms. The molecule has 1 atom stereocenters. The topological polar surface area (TPSA) is 55.2 Å². The SMILES string of the molecule is C[C@@H](NCc1ccccc1[N+](=O)[O-])c1ccc(Br)cc1. The number of halogens is 1. The van der Waals surface area contributed by atoms with Crippen LogP contribution in [0.4, 0.5) is 5.69 Å². The number of nitrogens with one attached hydrogen (secondary N) is 1. The predicted octanol–water partition coefficient (Wildman–Crippen LogP) is 4.21. The maximum absolute atomic E-state index is 10.9. The lowest BCUT2D eigenvalue weighted by Gasteiger charge is -2.14. The Labute approximate surface area is 126 Å². The summed E-state index contributed by atoms with van der Waals surface area (Å²) in [5.41, 5.74) is 2.00. The van der Waals surface area contributed by atoms with Gasteiger partial charge in [-0.1, -0.05) is 46.3 Å². The standard InChI is InChI=1S/C15H15BrN2O2/c1-11(12-6-8-14(16)9-7-12)17-10-13-4-2-3-5-15(13)18(19)20/h2-9,11,17H,10H2,1H3/t11-/m1/s1. The van der Waals surface area contributed by atoms with Crippen LogP contribution in [0.15, 0.2) is 53.0 Å². The fraction of sp³-hybridized carbons (Fsp3) is 0.200. The van der Waals surface area contributed by atoms with E-state index in [0.29, 0.717) is 12.1 Å². The van der Waals surface area contributed by atoms with Gasteiger partial charge in [0, 0.05) is 28.7 Å². The largest absolute Gasteiger partial charge is 0.306 e. The minimum Gasteiger partial charge on any atom is -0.306 e. The molecular weight excluding hydrogens is 320 g/mol. The van der Waals surface area contributed by atoms with Crippen LogP contribution in [0.25, 0.3) is 0 Å². The van der Waals surface area contributed by atoms with Crippen molar-refractivity contribution in [1.29, 1.82) is 0 Å². The van der Waals surface area contributed by atoms with Crippen molar-refractivity contribution in [2.24, 2.45) is 0 Å². The third-order valence-corrected chi connectivity index (χ3v) is 3.69. The minimum absolute atomic E-state index is 0.128. The van der Waals surface area contributed by atoms with Gasteiger partial charge in [-0.25, -0.2) is 0 Å². The average Bonchev–Trinajstić information content (AvgIpc) is 2.45. The summed E-state index contributed by atoms with van der Waals surface area (Å²) >= 11 is 3.40. The maximum atomic E-state index is 10.9. The number of nitro benzene ring substituents is 1. The van der Waals surface area contributed by atoms with E-state index in [1.807, 2.05) is 37.3 Å². The quantitative estimate of drug-likeness (QED) is 0.658. The number of nitrogens with zero attached hydrogens (tertiary/aromatic N) is 1. The lowest BCUT2D eigenvalue weighted by Crippen LogP contribution is -2.18. The van der Waals surface area contributed by atoms with E-state index in [1.165, 1.54) is 6.07 Å². The van der Waals surface area contributed by atoms with Crippen molar-refractivity contribution in [1.82, 2.24) is 5.32 Å². The summed E-state index contributed by atoms with van der Waals surface area (Å²) in [6, 6.07) is 15.0. The van der Waals surface area contributed by atoms with E-state index in [9.17, 15) is 10.1 Å². The van der Waals surface area contributed by atoms with Gasteiger partial charge in [0.15, 0.2) is 0 Å². The summed E-state index contributed by atoms with van der Waals surface area (Å²) in [7, 11) is 0. The van der Waals surface area contributed by atoms with Gasteiger partial charge in [0.25, 0.3) is 5.69 Å². The van der Waals surface area contributed by atoms with Crippen LogP contribution in [0.1, 0.15) is 24.1 Å². The molecule has 4 nitrogen and oxygen atoms in total. The lowest BCUT2D eigenvalue weighted by atomic mass is 10.1. The zero-order valence-corrected chi connectivity index (χ0v) is 12.6. The van der Waals surface area contributed by atoms with Gasteiger partial charge in [-0.2, -0.15) is 0 Å². The summed E-state index contributed by atoms with van der Waals surface area (Å²) in [4.78, 5) is 10.6. The van der Waals surface area contributed by atoms with Crippen LogP contribution in [-0.4, -0.2) is 4.92 Å². The van der Waals surface area contributed by atoms with Crippen molar-refractivity contribution >= 4 is 21.6 Å². The molecule has 0 unspecified atom stereocenters. The van der Waals surface area contributed by atoms with Crippen molar-refractivity contribution in [3.8, 4) is 0 Å². The van der Waals surface area contributed by atoms with E-state index in [0.717, 1.165) is 10.0 Å². The smallest absolute Gasteiger partial charge is 0.273 e. The van der Waals surface area contributed by atoms with E-state index in [1.54, 1.807) is 12.1 Å². The number of hydrogen-bond donors (Lipinski definition) is 1. The zero-order chi connectivity index (χ0) is 14.5. The highest BCUT2D eigenvalue weighted by atomic mass is 79.9. The van der Waals surface area contributed by atoms with Crippen LogP contribution in [0.5, 0.6) is 0 Å². The van der Waals surface area contributed by atoms with Crippen molar-refractivity contribution in [2.75, 3.05) is 0 Å². The number of para-hydroxylation sites is 1. The molecule has 2 aromatic rings. The second-order valence-corrected chi connectivity index (χ2v) is 5.46. The van der Waals surface area contributed by atoms with Gasteiger partial charge >= 0.3 is 0 Å². The first-order chi connectivity index (χ1) is 9.58. The van der Waals surface area contributed by atoms with E-state index < -0.39 is 0 Å². The van der Waals surface area contributed by atoms with E-state index in [-0.39, 0.29) is 16.7 Å². The van der Waals surface area contributed by atoms with Crippen LogP contribution in [0.3, 0.4) is 0 Å². The average molecular weight is 335 g/mol. The fourth-order valence-corrected chi connectivity index (χ4v) is 2.24. The molecule has 0 saturated heterocycles. The van der Waals surface area contributed by atoms with Gasteiger partial charge in [-0.05, 0) is 24.6 Å². The Bertz CT molecular complexity index is 599. The number of nitro groups is 1. The van der Waals surface area contributed by atoms with Crippen LogP contribution in [-0.2, 0) is 6.54 Å². The molecule has 0 aliphatic heterocycles. The van der Waals surface area contributed by atoms with Gasteiger partial charge in [-0.15, -0.1) is 0 Å². The Morgan fingerprint density at radius 1 is 1.20 bits per heavy atom. The molecule has 0 saturated carbocycles. The van der Waals surface area contributed by atoms with E-state index >= 15 is 0 Å². The monoisotopic (exact) mass is 334 g/mol. The molecule has 104 valence electrons. The van der Waals surface area contributed by atoms with Gasteiger partial charge in [-0.3, -0.25) is 10.1 Å². The Kier molecular flexibility index (Phi) is 4.87. The molecule has 1 N–H and O–H groups in total. The van der Waals surface area contributed by atoms with E-state index in [2.05, 4.69) is 21.2 Å². The number of benzene rings is 2. The van der Waals surface area contributed by atoms with Crippen LogP contribution >= 0.6 is 15.9 Å². The summed E-state index contributed by atoms with van der Waals surface area (Å²) in [5, 5.41) is 14.3. The maximum Gasteiger partial charge on any atom is 0.273 e. The van der Waals surface area contributed by atoms with Crippen molar-refractivity contribution in [3.63, 3.8) is 0 Å². The molecule has 0 amide bonds. The summed E-state index contributed by atoms with van der Waals surface area (Å²) in [6.07, 6.45) is 0. The first kappa shape index (κ1) is 14.7. The molecule has 2 aromatic carbocycles. The van der Waals surface area contributed by atoms with E-state index in [4.69, 9.17) is 0 Å². The Morgan fingerprint density at radius 2 is 1.85 bits per heavy atom. The molecule has 0 radical (unpaired) electrons. The highest BCUT2D eigenvalue weighted by Gasteiger charge is 2.13. The Hall–Kier alpha value is -1.72. The summed E-state index contributed by atoms with van der Waals surface area (Å²) in [5.74, 6) is 0. The molecule has 0 aliphatic rings. The fourth-order valence-electron chi connectivity index (χ4n) is 1.97. The second-order valence-electron chi connectivity index (χ2n) is 4.54. The second kappa shape index (κ2) is 6.63. The lowest BCUT2D eigenvalue weighted by molar-refractivity contribution is -0.385. The molecule has 20 heavy (non-hydrogen) atoms. The summed E-state index contributed by atoms with van der Waals surface area (Å²) < 4.78 is 1.03. The van der Waals surface area contributed by atoms with Crippen LogP contribution in [0.2, 0.25) is 0 Å². The Morgan fingerprint density at radius 3 is 2.50 bits per heavy atom. The molecule has 0 fully saturated rings. The number of hydrogen-bond acceptors (Lipinski definition) is 3. The first-order valence-electron chi connectivity index (χ1n) is 6.29.